The number of nitrogens with zero attached hydrogens (tertiary/aromatic N) is 1. The molecule has 2 aromatic carbocycles. The largest absolute Gasteiger partial charge is 0.257 e. The molecule has 0 heterocycles. The molecule has 0 unspecified atom stereocenters. The number of halogens is 1. The van der Waals surface area contributed by atoms with Crippen LogP contribution in [0.5, 0.6) is 0 Å². The quantitative estimate of drug-likeness (QED) is 0.688. The van der Waals surface area contributed by atoms with Crippen LogP contribution in [0.4, 0.5) is 5.69 Å². The summed E-state index contributed by atoms with van der Waals surface area (Å²) in [6.45, 7) is 0. The third-order valence-electron chi connectivity index (χ3n) is 2.22. The molecule has 2 heteroatoms. The zero-order valence-corrected chi connectivity index (χ0v) is 10.0. The van der Waals surface area contributed by atoms with Gasteiger partial charge < -0.3 is 0 Å². The molecule has 1 nitrogen and oxygen atoms in total. The van der Waals surface area contributed by atoms with Gasteiger partial charge in [0.05, 0.1) is 5.69 Å². The first kappa shape index (κ1) is 11.6. The Morgan fingerprint density at radius 2 is 1.59 bits per heavy atom. The van der Waals surface area contributed by atoms with Gasteiger partial charge >= 0.3 is 0 Å². The van der Waals surface area contributed by atoms with Gasteiger partial charge in [0.15, 0.2) is 0 Å². The number of hydrogen-bond acceptors (Lipinski definition) is 1. The highest BCUT2D eigenvalue weighted by Crippen LogP contribution is 2.11. The second-order valence-corrected chi connectivity index (χ2v) is 3.96. The zero-order chi connectivity index (χ0) is 11.9. The molecular weight excluding hydrogens is 230 g/mol. The maximum atomic E-state index is 5.80. The molecule has 84 valence electrons. The molecule has 0 saturated heterocycles. The summed E-state index contributed by atoms with van der Waals surface area (Å²) in [6, 6.07) is 17.5. The van der Waals surface area contributed by atoms with Gasteiger partial charge in [-0.1, -0.05) is 48.0 Å². The molecule has 0 aliphatic heterocycles. The fourth-order valence-electron chi connectivity index (χ4n) is 1.37. The van der Waals surface area contributed by atoms with E-state index < -0.39 is 0 Å². The molecule has 0 aliphatic carbocycles. The lowest BCUT2D eigenvalue weighted by atomic mass is 10.2. The van der Waals surface area contributed by atoms with E-state index in [2.05, 4.69) is 4.99 Å². The van der Waals surface area contributed by atoms with Gasteiger partial charge in [-0.2, -0.15) is 0 Å². The third-order valence-corrected chi connectivity index (χ3v) is 2.48. The summed E-state index contributed by atoms with van der Waals surface area (Å²) in [5, 5.41) is 0.750. The lowest BCUT2D eigenvalue weighted by Crippen LogP contribution is -1.71. The summed E-state index contributed by atoms with van der Waals surface area (Å²) in [7, 11) is 0. The van der Waals surface area contributed by atoms with Crippen molar-refractivity contribution in [1.82, 2.24) is 0 Å². The van der Waals surface area contributed by atoms with E-state index >= 15 is 0 Å². The van der Waals surface area contributed by atoms with E-state index in [0.29, 0.717) is 0 Å². The average molecular weight is 242 g/mol. The smallest absolute Gasteiger partial charge is 0.0629 e. The van der Waals surface area contributed by atoms with Crippen molar-refractivity contribution in [2.24, 2.45) is 4.99 Å². The van der Waals surface area contributed by atoms with Crippen LogP contribution in [0.2, 0.25) is 5.02 Å². The minimum Gasteiger partial charge on any atom is -0.257 e. The summed E-state index contributed by atoms with van der Waals surface area (Å²) in [5.74, 6) is 0. The molecular formula is C15H12ClN. The van der Waals surface area contributed by atoms with Gasteiger partial charge in [-0.05, 0) is 35.9 Å². The van der Waals surface area contributed by atoms with Gasteiger partial charge in [-0.3, -0.25) is 4.99 Å². The van der Waals surface area contributed by atoms with E-state index in [9.17, 15) is 0 Å². The number of rotatable bonds is 3. The van der Waals surface area contributed by atoms with E-state index in [1.54, 1.807) is 6.21 Å². The van der Waals surface area contributed by atoms with Gasteiger partial charge in [-0.25, -0.2) is 0 Å². The normalized spacial score (nSPS) is 11.4. The molecule has 17 heavy (non-hydrogen) atoms. The highest BCUT2D eigenvalue weighted by Gasteiger charge is 1.86. The SMILES string of the molecule is Clc1ccc(/C=C/C=Nc2ccccc2)cc1. The van der Waals surface area contributed by atoms with E-state index in [-0.39, 0.29) is 0 Å². The Balaban J connectivity index is 1.98. The fourth-order valence-corrected chi connectivity index (χ4v) is 1.50. The monoisotopic (exact) mass is 241 g/mol. The first-order valence-electron chi connectivity index (χ1n) is 5.36. The van der Waals surface area contributed by atoms with Crippen LogP contribution in [-0.4, -0.2) is 6.21 Å². The highest BCUT2D eigenvalue weighted by molar-refractivity contribution is 6.30. The highest BCUT2D eigenvalue weighted by atomic mass is 35.5. The van der Waals surface area contributed by atoms with Gasteiger partial charge in [-0.15, -0.1) is 0 Å². The minimum absolute atomic E-state index is 0.750. The zero-order valence-electron chi connectivity index (χ0n) is 9.25. The lowest BCUT2D eigenvalue weighted by Gasteiger charge is -1.92. The first-order chi connectivity index (χ1) is 8.34. The number of benzene rings is 2. The Bertz CT molecular complexity index is 512. The predicted octanol–water partition coefficient (Wildman–Crippen LogP) is 4.76. The molecule has 0 aromatic heterocycles. The number of hydrogen-bond donors (Lipinski definition) is 0. The van der Waals surface area contributed by atoms with Crippen molar-refractivity contribution in [2.75, 3.05) is 0 Å². The van der Waals surface area contributed by atoms with Gasteiger partial charge in [0.25, 0.3) is 0 Å². The average Bonchev–Trinajstić information content (AvgIpc) is 2.38. The fraction of sp³-hybridized carbons (Fsp3) is 0. The second kappa shape index (κ2) is 6.02. The Morgan fingerprint density at radius 3 is 2.29 bits per heavy atom. The Labute approximate surface area is 106 Å². The van der Waals surface area contributed by atoms with Crippen molar-refractivity contribution in [3.63, 3.8) is 0 Å². The molecule has 2 aromatic rings. The topological polar surface area (TPSA) is 12.4 Å². The summed E-state index contributed by atoms with van der Waals surface area (Å²) in [6.07, 6.45) is 5.68. The number of allylic oxidation sites excluding steroid dienone is 1. The van der Waals surface area contributed by atoms with Crippen molar-refractivity contribution in [3.8, 4) is 0 Å². The van der Waals surface area contributed by atoms with E-state index in [1.807, 2.05) is 66.7 Å². The molecule has 0 saturated carbocycles. The molecule has 0 fully saturated rings. The lowest BCUT2D eigenvalue weighted by molar-refractivity contribution is 1.54. The first-order valence-corrected chi connectivity index (χ1v) is 5.74. The third kappa shape index (κ3) is 3.89. The van der Waals surface area contributed by atoms with Gasteiger partial charge in [0, 0.05) is 11.2 Å². The standard InChI is InChI=1S/C15H12ClN/c16-14-10-8-13(9-11-14)5-4-12-17-15-6-2-1-3-7-15/h1-12H/b5-4+,17-12?. The van der Waals surface area contributed by atoms with Crippen molar-refractivity contribution in [2.45, 2.75) is 0 Å². The van der Waals surface area contributed by atoms with Crippen LogP contribution in [0, 0.1) is 0 Å². The van der Waals surface area contributed by atoms with Crippen molar-refractivity contribution < 1.29 is 0 Å². The molecule has 0 N–H and O–H groups in total. The molecule has 0 radical (unpaired) electrons. The number of aliphatic imine (C=N–C) groups is 1. The number of para-hydroxylation sites is 1. The van der Waals surface area contributed by atoms with Crippen LogP contribution in [-0.2, 0) is 0 Å². The summed E-state index contributed by atoms with van der Waals surface area (Å²) in [4.78, 5) is 4.30. The van der Waals surface area contributed by atoms with Crippen LogP contribution in [0.25, 0.3) is 6.08 Å². The molecule has 0 bridgehead atoms. The van der Waals surface area contributed by atoms with Gasteiger partial charge in [0.1, 0.15) is 0 Å². The predicted molar refractivity (Wildman–Crippen MR) is 75.1 cm³/mol. The second-order valence-electron chi connectivity index (χ2n) is 3.52. The van der Waals surface area contributed by atoms with Gasteiger partial charge in [0.2, 0.25) is 0 Å². The van der Waals surface area contributed by atoms with Crippen LogP contribution >= 0.6 is 11.6 Å². The Morgan fingerprint density at radius 1 is 0.882 bits per heavy atom. The molecule has 0 spiro atoms. The van der Waals surface area contributed by atoms with Crippen molar-refractivity contribution in [1.29, 1.82) is 0 Å². The van der Waals surface area contributed by atoms with E-state index in [1.165, 1.54) is 0 Å². The minimum atomic E-state index is 0.750. The van der Waals surface area contributed by atoms with E-state index in [0.717, 1.165) is 16.3 Å². The molecule has 0 aliphatic rings. The van der Waals surface area contributed by atoms with Crippen molar-refractivity contribution >= 4 is 29.6 Å². The van der Waals surface area contributed by atoms with Crippen LogP contribution < -0.4 is 0 Å². The van der Waals surface area contributed by atoms with Crippen LogP contribution in [0.3, 0.4) is 0 Å². The summed E-state index contributed by atoms with van der Waals surface area (Å²) >= 11 is 5.80. The molecule has 2 rings (SSSR count). The maximum absolute atomic E-state index is 5.80. The van der Waals surface area contributed by atoms with E-state index in [4.69, 9.17) is 11.6 Å². The Kier molecular flexibility index (Phi) is 4.11. The molecule has 0 atom stereocenters. The van der Waals surface area contributed by atoms with Crippen molar-refractivity contribution in [3.05, 3.63) is 71.3 Å². The van der Waals surface area contributed by atoms with Crippen LogP contribution in [0.1, 0.15) is 5.56 Å². The summed E-state index contributed by atoms with van der Waals surface area (Å²) in [5.41, 5.74) is 2.06. The molecule has 0 amide bonds. The Hall–Kier alpha value is -1.86. The maximum Gasteiger partial charge on any atom is 0.0629 e. The summed E-state index contributed by atoms with van der Waals surface area (Å²) < 4.78 is 0. The van der Waals surface area contributed by atoms with Crippen LogP contribution in [0.15, 0.2) is 65.7 Å².